The van der Waals surface area contributed by atoms with E-state index in [0.29, 0.717) is 0 Å². The van der Waals surface area contributed by atoms with Crippen molar-refractivity contribution in [3.05, 3.63) is 28.8 Å². The average Bonchev–Trinajstić information content (AvgIpc) is 2.44. The van der Waals surface area contributed by atoms with E-state index in [-0.39, 0.29) is 15.5 Å². The summed E-state index contributed by atoms with van der Waals surface area (Å²) < 4.78 is 30.5. The number of hydrogen-bond donors (Lipinski definition) is 3. The molecule has 122 valence electrons. The Morgan fingerprint density at radius 2 is 2.00 bits per heavy atom. The number of halogens is 1. The lowest BCUT2D eigenvalue weighted by Crippen LogP contribution is -2.46. The normalized spacial score (nSPS) is 14.2. The number of carboxylic acid groups (broad SMARTS) is 1. The summed E-state index contributed by atoms with van der Waals surface area (Å²) in [5.41, 5.74) is -2.27. The Kier molecular flexibility index (Phi) is 5.52. The molecule has 0 aliphatic heterocycles. The fraction of sp³-hybridized carbons (Fsp3) is 0.333. The molecule has 10 heteroatoms. The van der Waals surface area contributed by atoms with Gasteiger partial charge in [-0.25, -0.2) is 22.7 Å². The predicted octanol–water partition coefficient (Wildman–Crippen LogP) is 0.241. The molecule has 0 aromatic heterocycles. The lowest BCUT2D eigenvalue weighted by Gasteiger charge is -2.18. The molecule has 0 saturated carbocycles. The second-order valence-corrected chi connectivity index (χ2v) is 6.71. The van der Waals surface area contributed by atoms with Gasteiger partial charge >= 0.3 is 11.9 Å². The smallest absolute Gasteiger partial charge is 0.339 e. The van der Waals surface area contributed by atoms with Gasteiger partial charge in [-0.2, -0.15) is 0 Å². The number of sulfonamides is 1. The van der Waals surface area contributed by atoms with E-state index in [1.165, 1.54) is 0 Å². The fourth-order valence-corrected chi connectivity index (χ4v) is 2.81. The molecule has 3 N–H and O–H groups in total. The van der Waals surface area contributed by atoms with Crippen LogP contribution in [0, 0.1) is 0 Å². The number of carboxylic acids is 1. The van der Waals surface area contributed by atoms with Gasteiger partial charge in [0.15, 0.2) is 5.60 Å². The van der Waals surface area contributed by atoms with Gasteiger partial charge in [-0.3, -0.25) is 0 Å². The van der Waals surface area contributed by atoms with Gasteiger partial charge in [0.1, 0.15) is 0 Å². The van der Waals surface area contributed by atoms with Gasteiger partial charge < -0.3 is 14.9 Å². The molecule has 0 aliphatic carbocycles. The number of methoxy groups -OCH3 is 1. The molecule has 0 radical (unpaired) electrons. The average molecular weight is 352 g/mol. The van der Waals surface area contributed by atoms with Crippen LogP contribution in [-0.2, 0) is 19.6 Å². The Morgan fingerprint density at radius 3 is 2.45 bits per heavy atom. The first kappa shape index (κ1) is 18.4. The monoisotopic (exact) mass is 351 g/mol. The molecule has 0 heterocycles. The Morgan fingerprint density at radius 1 is 1.41 bits per heavy atom. The topological polar surface area (TPSA) is 130 Å². The Balaban J connectivity index is 3.02. The van der Waals surface area contributed by atoms with Crippen LogP contribution in [0.3, 0.4) is 0 Å². The summed E-state index contributed by atoms with van der Waals surface area (Å²) in [6.07, 6.45) is 0. The van der Waals surface area contributed by atoms with Gasteiger partial charge in [0.25, 0.3) is 0 Å². The molecule has 1 atom stereocenters. The zero-order chi connectivity index (χ0) is 17.1. The maximum atomic E-state index is 12.0. The predicted molar refractivity (Wildman–Crippen MR) is 76.2 cm³/mol. The molecule has 0 aliphatic rings. The molecule has 0 spiro atoms. The van der Waals surface area contributed by atoms with E-state index in [1.807, 2.05) is 4.72 Å². The largest absolute Gasteiger partial charge is 0.479 e. The minimum Gasteiger partial charge on any atom is -0.479 e. The number of carbonyl (C=O) groups excluding carboxylic acids is 1. The van der Waals surface area contributed by atoms with Crippen LogP contribution in [0.1, 0.15) is 17.3 Å². The van der Waals surface area contributed by atoms with Crippen LogP contribution in [0.2, 0.25) is 5.02 Å². The minimum atomic E-state index is -4.11. The highest BCUT2D eigenvalue weighted by Gasteiger charge is 2.32. The van der Waals surface area contributed by atoms with Crippen LogP contribution in [0.15, 0.2) is 23.1 Å². The fourth-order valence-electron chi connectivity index (χ4n) is 1.33. The van der Waals surface area contributed by atoms with E-state index in [9.17, 15) is 23.1 Å². The second-order valence-electron chi connectivity index (χ2n) is 4.54. The van der Waals surface area contributed by atoms with Crippen LogP contribution < -0.4 is 4.72 Å². The molecular formula is C12H14ClNO7S. The maximum absolute atomic E-state index is 12.0. The zero-order valence-electron chi connectivity index (χ0n) is 11.7. The number of esters is 1. The highest BCUT2D eigenvalue weighted by atomic mass is 35.5. The van der Waals surface area contributed by atoms with Gasteiger partial charge in [0, 0.05) is 0 Å². The van der Waals surface area contributed by atoms with Crippen LogP contribution in [0.5, 0.6) is 0 Å². The molecule has 1 aromatic carbocycles. The second kappa shape index (κ2) is 6.61. The van der Waals surface area contributed by atoms with Gasteiger partial charge in [-0.05, 0) is 25.1 Å². The Hall–Kier alpha value is -1.68. The van der Waals surface area contributed by atoms with Gasteiger partial charge in [0.05, 0.1) is 29.1 Å². The number of aliphatic carboxylic acids is 1. The molecule has 0 amide bonds. The first-order chi connectivity index (χ1) is 10.0. The summed E-state index contributed by atoms with van der Waals surface area (Å²) in [7, 11) is -2.96. The number of benzene rings is 1. The number of nitrogens with one attached hydrogen (secondary N) is 1. The number of hydrogen-bond acceptors (Lipinski definition) is 6. The standard InChI is InChI=1S/C12H14ClNO7S/c1-12(18,11(16)17)6-14-22(19,20)7-3-4-8(9(13)5-7)10(15)21-2/h3-5,14,18H,6H2,1-2H3,(H,16,17). The van der Waals surface area contributed by atoms with Crippen molar-refractivity contribution in [1.29, 1.82) is 0 Å². The van der Waals surface area contributed by atoms with E-state index in [1.54, 1.807) is 0 Å². The van der Waals surface area contributed by atoms with Crippen molar-refractivity contribution >= 4 is 33.6 Å². The quantitative estimate of drug-likeness (QED) is 0.626. The van der Waals surface area contributed by atoms with Gasteiger partial charge in [-0.1, -0.05) is 11.6 Å². The van der Waals surface area contributed by atoms with Crippen molar-refractivity contribution in [1.82, 2.24) is 4.72 Å². The summed E-state index contributed by atoms with van der Waals surface area (Å²) in [4.78, 5) is 21.8. The summed E-state index contributed by atoms with van der Waals surface area (Å²) in [5.74, 6) is -2.30. The Bertz CT molecular complexity index is 699. The first-order valence-corrected chi connectivity index (χ1v) is 7.70. The molecule has 0 bridgehead atoms. The Labute approximate surface area is 131 Å². The first-order valence-electron chi connectivity index (χ1n) is 5.84. The molecule has 1 rings (SSSR count). The minimum absolute atomic E-state index is 0.0133. The van der Waals surface area contributed by atoms with Crippen molar-refractivity contribution in [2.75, 3.05) is 13.7 Å². The van der Waals surface area contributed by atoms with Crippen molar-refractivity contribution in [2.24, 2.45) is 0 Å². The van der Waals surface area contributed by atoms with Crippen molar-refractivity contribution in [3.8, 4) is 0 Å². The summed E-state index contributed by atoms with van der Waals surface area (Å²) >= 11 is 5.81. The highest BCUT2D eigenvalue weighted by molar-refractivity contribution is 7.89. The lowest BCUT2D eigenvalue weighted by molar-refractivity contribution is -0.155. The summed E-state index contributed by atoms with van der Waals surface area (Å²) in [6, 6.07) is 3.29. The summed E-state index contributed by atoms with van der Waals surface area (Å²) in [5, 5.41) is 18.1. The van der Waals surface area contributed by atoms with E-state index in [2.05, 4.69) is 4.74 Å². The molecular weight excluding hydrogens is 338 g/mol. The number of aliphatic hydroxyl groups is 1. The van der Waals surface area contributed by atoms with Gasteiger partial charge in [0.2, 0.25) is 10.0 Å². The van der Waals surface area contributed by atoms with Crippen LogP contribution in [0.25, 0.3) is 0 Å². The van der Waals surface area contributed by atoms with E-state index in [4.69, 9.17) is 16.7 Å². The molecule has 1 unspecified atom stereocenters. The van der Waals surface area contributed by atoms with E-state index < -0.39 is 34.1 Å². The number of ether oxygens (including phenoxy) is 1. The van der Waals surface area contributed by atoms with Gasteiger partial charge in [-0.15, -0.1) is 0 Å². The number of carbonyl (C=O) groups is 2. The van der Waals surface area contributed by atoms with Crippen LogP contribution in [0.4, 0.5) is 0 Å². The molecule has 1 aromatic rings. The summed E-state index contributed by atoms with van der Waals surface area (Å²) in [6.45, 7) is 0.215. The molecule has 8 nitrogen and oxygen atoms in total. The lowest BCUT2D eigenvalue weighted by atomic mass is 10.1. The van der Waals surface area contributed by atoms with E-state index in [0.717, 1.165) is 32.2 Å². The van der Waals surface area contributed by atoms with Crippen LogP contribution in [-0.4, -0.2) is 49.8 Å². The third-order valence-electron chi connectivity index (χ3n) is 2.72. The third kappa shape index (κ3) is 4.17. The van der Waals surface area contributed by atoms with E-state index >= 15 is 0 Å². The maximum Gasteiger partial charge on any atom is 0.339 e. The molecule has 0 saturated heterocycles. The van der Waals surface area contributed by atoms with Crippen molar-refractivity contribution in [3.63, 3.8) is 0 Å². The van der Waals surface area contributed by atoms with Crippen molar-refractivity contribution in [2.45, 2.75) is 17.4 Å². The molecule has 0 fully saturated rings. The SMILES string of the molecule is COC(=O)c1ccc(S(=O)(=O)NCC(C)(O)C(=O)O)cc1Cl. The third-order valence-corrected chi connectivity index (χ3v) is 4.43. The van der Waals surface area contributed by atoms with Crippen LogP contribution >= 0.6 is 11.6 Å². The number of rotatable bonds is 6. The zero-order valence-corrected chi connectivity index (χ0v) is 13.2. The van der Waals surface area contributed by atoms with Crippen molar-refractivity contribution < 1.29 is 33.0 Å². The molecule has 22 heavy (non-hydrogen) atoms. The highest BCUT2D eigenvalue weighted by Crippen LogP contribution is 2.21.